The number of amides is 2. The maximum atomic E-state index is 13.1. The molecule has 2 aromatic rings. The fourth-order valence-corrected chi connectivity index (χ4v) is 3.05. The number of carbonyl (C=O) groups is 2. The number of unbranched alkanes of at least 4 members (excludes halogenated alkanes) is 1. The number of methoxy groups -OCH3 is 1. The van der Waals surface area contributed by atoms with Gasteiger partial charge in [-0.05, 0) is 48.7 Å². The van der Waals surface area contributed by atoms with Gasteiger partial charge in [0.15, 0.2) is 0 Å². The Balaban J connectivity index is 2.15. The molecule has 0 aliphatic heterocycles. The van der Waals surface area contributed by atoms with Crippen molar-refractivity contribution < 1.29 is 14.3 Å². The summed E-state index contributed by atoms with van der Waals surface area (Å²) in [4.78, 5) is 27.3. The lowest BCUT2D eigenvalue weighted by Crippen LogP contribution is -2.48. The Kier molecular flexibility index (Phi) is 9.00. The molecule has 0 fully saturated rings. The largest absolute Gasteiger partial charge is 0.497 e. The van der Waals surface area contributed by atoms with E-state index in [1.165, 1.54) is 0 Å². The SMILES string of the molecule is CCCCNC(=O)[C@@H](C)N(Cc1ccc(Cl)cc1)C(=O)Cc1ccc(OC)cc1. The zero-order valence-corrected chi connectivity index (χ0v) is 18.0. The molecule has 1 N–H and O–H groups in total. The molecule has 0 aromatic heterocycles. The summed E-state index contributed by atoms with van der Waals surface area (Å²) >= 11 is 5.97. The van der Waals surface area contributed by atoms with Crippen LogP contribution in [0.25, 0.3) is 0 Å². The van der Waals surface area contributed by atoms with Crippen molar-refractivity contribution in [3.63, 3.8) is 0 Å². The summed E-state index contributed by atoms with van der Waals surface area (Å²) in [6.07, 6.45) is 2.12. The average molecular weight is 417 g/mol. The number of nitrogens with zero attached hydrogens (tertiary/aromatic N) is 1. The van der Waals surface area contributed by atoms with Crippen LogP contribution in [0, 0.1) is 0 Å². The van der Waals surface area contributed by atoms with Gasteiger partial charge in [-0.3, -0.25) is 9.59 Å². The van der Waals surface area contributed by atoms with Gasteiger partial charge in [-0.15, -0.1) is 0 Å². The molecule has 2 aromatic carbocycles. The lowest BCUT2D eigenvalue weighted by Gasteiger charge is -2.29. The van der Waals surface area contributed by atoms with Crippen molar-refractivity contribution in [2.24, 2.45) is 0 Å². The number of carbonyl (C=O) groups excluding carboxylic acids is 2. The van der Waals surface area contributed by atoms with E-state index in [9.17, 15) is 9.59 Å². The second-order valence-electron chi connectivity index (χ2n) is 6.99. The summed E-state index contributed by atoms with van der Waals surface area (Å²) in [5.41, 5.74) is 1.79. The molecule has 1 atom stereocenters. The molecule has 0 spiro atoms. The Hall–Kier alpha value is -2.53. The monoisotopic (exact) mass is 416 g/mol. The number of benzene rings is 2. The van der Waals surface area contributed by atoms with Crippen LogP contribution in [0.15, 0.2) is 48.5 Å². The predicted octanol–water partition coefficient (Wildman–Crippen LogP) is 4.22. The van der Waals surface area contributed by atoms with Crippen molar-refractivity contribution >= 4 is 23.4 Å². The van der Waals surface area contributed by atoms with Gasteiger partial charge < -0.3 is 15.0 Å². The average Bonchev–Trinajstić information content (AvgIpc) is 2.73. The van der Waals surface area contributed by atoms with E-state index in [0.29, 0.717) is 18.1 Å². The minimum atomic E-state index is -0.576. The molecule has 2 amide bonds. The summed E-state index contributed by atoms with van der Waals surface area (Å²) in [7, 11) is 1.60. The smallest absolute Gasteiger partial charge is 0.242 e. The standard InChI is InChI=1S/C23H29ClN2O3/c1-4-5-14-25-23(28)17(2)26(16-19-6-10-20(24)11-7-19)22(27)15-18-8-12-21(29-3)13-9-18/h6-13,17H,4-5,14-16H2,1-3H3,(H,25,28)/t17-/m1/s1. The lowest BCUT2D eigenvalue weighted by molar-refractivity contribution is -0.140. The number of hydrogen-bond donors (Lipinski definition) is 1. The summed E-state index contributed by atoms with van der Waals surface area (Å²) in [6.45, 7) is 4.79. The molecular formula is C23H29ClN2O3. The van der Waals surface area contributed by atoms with E-state index < -0.39 is 6.04 Å². The summed E-state index contributed by atoms with van der Waals surface area (Å²) in [5.74, 6) is 0.488. The highest BCUT2D eigenvalue weighted by Crippen LogP contribution is 2.17. The molecule has 0 unspecified atom stereocenters. The van der Waals surface area contributed by atoms with Crippen LogP contribution in [0.3, 0.4) is 0 Å². The zero-order valence-electron chi connectivity index (χ0n) is 17.3. The van der Waals surface area contributed by atoms with Gasteiger partial charge in [0.25, 0.3) is 0 Å². The van der Waals surface area contributed by atoms with Gasteiger partial charge in [-0.25, -0.2) is 0 Å². The third-order valence-corrected chi connectivity index (χ3v) is 5.03. The van der Waals surface area contributed by atoms with E-state index >= 15 is 0 Å². The second kappa shape index (κ2) is 11.5. The number of rotatable bonds is 10. The van der Waals surface area contributed by atoms with Gasteiger partial charge in [-0.2, -0.15) is 0 Å². The summed E-state index contributed by atoms with van der Waals surface area (Å²) in [6, 6.07) is 14.1. The Bertz CT molecular complexity index is 791. The highest BCUT2D eigenvalue weighted by atomic mass is 35.5. The van der Waals surface area contributed by atoms with Crippen LogP contribution < -0.4 is 10.1 Å². The molecule has 0 radical (unpaired) electrons. The molecule has 156 valence electrons. The third kappa shape index (κ3) is 7.09. The van der Waals surface area contributed by atoms with Crippen molar-refractivity contribution in [3.8, 4) is 5.75 Å². The van der Waals surface area contributed by atoms with Gasteiger partial charge in [0.05, 0.1) is 13.5 Å². The highest BCUT2D eigenvalue weighted by Gasteiger charge is 2.26. The molecular weight excluding hydrogens is 388 g/mol. The van der Waals surface area contributed by atoms with Crippen molar-refractivity contribution in [1.29, 1.82) is 0 Å². The van der Waals surface area contributed by atoms with Gasteiger partial charge in [0.2, 0.25) is 11.8 Å². The van der Waals surface area contributed by atoms with Crippen molar-refractivity contribution in [2.45, 2.75) is 45.7 Å². The summed E-state index contributed by atoms with van der Waals surface area (Å²) in [5, 5.41) is 3.56. The number of hydrogen-bond acceptors (Lipinski definition) is 3. The molecule has 6 heteroatoms. The lowest BCUT2D eigenvalue weighted by atomic mass is 10.1. The topological polar surface area (TPSA) is 58.6 Å². The van der Waals surface area contributed by atoms with E-state index in [0.717, 1.165) is 29.7 Å². The van der Waals surface area contributed by atoms with Crippen LogP contribution in [0.1, 0.15) is 37.8 Å². The van der Waals surface area contributed by atoms with E-state index in [4.69, 9.17) is 16.3 Å². The maximum absolute atomic E-state index is 13.1. The normalized spacial score (nSPS) is 11.6. The van der Waals surface area contributed by atoms with Gasteiger partial charge >= 0.3 is 0 Å². The van der Waals surface area contributed by atoms with Crippen LogP contribution >= 0.6 is 11.6 Å². The quantitative estimate of drug-likeness (QED) is 0.590. The molecule has 0 saturated carbocycles. The van der Waals surface area contributed by atoms with Gasteiger partial charge in [0.1, 0.15) is 11.8 Å². The summed E-state index contributed by atoms with van der Waals surface area (Å²) < 4.78 is 5.17. The fraction of sp³-hybridized carbons (Fsp3) is 0.391. The predicted molar refractivity (Wildman–Crippen MR) is 116 cm³/mol. The van der Waals surface area contributed by atoms with E-state index in [1.807, 2.05) is 36.4 Å². The zero-order chi connectivity index (χ0) is 21.2. The van der Waals surface area contributed by atoms with Crippen LogP contribution in [0.5, 0.6) is 5.75 Å². The van der Waals surface area contributed by atoms with Crippen LogP contribution in [0.2, 0.25) is 5.02 Å². The Labute approximate surface area is 178 Å². The van der Waals surface area contributed by atoms with Crippen LogP contribution in [-0.4, -0.2) is 36.4 Å². The van der Waals surface area contributed by atoms with Crippen molar-refractivity contribution in [1.82, 2.24) is 10.2 Å². The first-order chi connectivity index (χ1) is 13.9. The molecule has 0 aliphatic rings. The van der Waals surface area contributed by atoms with E-state index in [1.54, 1.807) is 31.1 Å². The first-order valence-corrected chi connectivity index (χ1v) is 10.3. The van der Waals surface area contributed by atoms with Gasteiger partial charge in [-0.1, -0.05) is 49.2 Å². The number of halogens is 1. The molecule has 0 aliphatic carbocycles. The van der Waals surface area contributed by atoms with Gasteiger partial charge in [0, 0.05) is 18.1 Å². The van der Waals surface area contributed by atoms with Crippen molar-refractivity contribution in [3.05, 3.63) is 64.7 Å². The molecule has 29 heavy (non-hydrogen) atoms. The molecule has 0 heterocycles. The minimum Gasteiger partial charge on any atom is -0.497 e. The third-order valence-electron chi connectivity index (χ3n) is 4.78. The molecule has 0 bridgehead atoms. The number of ether oxygens (including phenoxy) is 1. The number of nitrogens with one attached hydrogen (secondary N) is 1. The van der Waals surface area contributed by atoms with Crippen molar-refractivity contribution in [2.75, 3.05) is 13.7 Å². The Morgan fingerprint density at radius 3 is 2.28 bits per heavy atom. The first kappa shape index (κ1) is 22.8. The minimum absolute atomic E-state index is 0.108. The second-order valence-corrected chi connectivity index (χ2v) is 7.43. The molecule has 0 saturated heterocycles. The van der Waals surface area contributed by atoms with E-state index in [2.05, 4.69) is 12.2 Å². The molecule has 5 nitrogen and oxygen atoms in total. The Morgan fingerprint density at radius 2 is 1.69 bits per heavy atom. The van der Waals surface area contributed by atoms with Crippen LogP contribution in [-0.2, 0) is 22.6 Å². The fourth-order valence-electron chi connectivity index (χ4n) is 2.92. The van der Waals surface area contributed by atoms with E-state index in [-0.39, 0.29) is 18.2 Å². The molecule has 2 rings (SSSR count). The first-order valence-electron chi connectivity index (χ1n) is 9.89. The Morgan fingerprint density at radius 1 is 1.07 bits per heavy atom. The van der Waals surface area contributed by atoms with Crippen LogP contribution in [0.4, 0.5) is 0 Å². The highest BCUT2D eigenvalue weighted by molar-refractivity contribution is 6.30. The maximum Gasteiger partial charge on any atom is 0.242 e.